The molecule has 150 valence electrons. The van der Waals surface area contributed by atoms with Crippen LogP contribution in [0.1, 0.15) is 19.4 Å². The van der Waals surface area contributed by atoms with Crippen molar-refractivity contribution in [3.8, 4) is 0 Å². The van der Waals surface area contributed by atoms with Crippen LogP contribution in [0.15, 0.2) is 47.3 Å². The van der Waals surface area contributed by atoms with Crippen LogP contribution in [0.5, 0.6) is 0 Å². The number of hydrogen-bond acceptors (Lipinski definition) is 4. The third-order valence-electron chi connectivity index (χ3n) is 4.55. The Kier molecular flexibility index (Phi) is 5.98. The number of nitrogens with zero attached hydrogens (tertiary/aromatic N) is 3. The van der Waals surface area contributed by atoms with Gasteiger partial charge in [0.05, 0.1) is 11.0 Å². The maximum atomic E-state index is 13.1. The van der Waals surface area contributed by atoms with E-state index in [0.717, 1.165) is 5.56 Å². The van der Waals surface area contributed by atoms with Crippen molar-refractivity contribution in [3.05, 3.63) is 63.4 Å². The SMILES string of the molecule is CCN(C(C)=O)c1nc2ccccc2n(CC(=O)Nc2ccc(Cl)cc2C)c1=O. The van der Waals surface area contributed by atoms with E-state index >= 15 is 0 Å². The van der Waals surface area contributed by atoms with E-state index < -0.39 is 5.56 Å². The molecule has 1 N–H and O–H groups in total. The Hall–Kier alpha value is -3.19. The Balaban J connectivity index is 2.03. The molecule has 2 aromatic carbocycles. The summed E-state index contributed by atoms with van der Waals surface area (Å²) in [5.74, 6) is -0.653. The Morgan fingerprint density at radius 2 is 1.93 bits per heavy atom. The molecule has 0 saturated heterocycles. The number of rotatable bonds is 5. The van der Waals surface area contributed by atoms with Crippen molar-refractivity contribution in [1.29, 1.82) is 0 Å². The van der Waals surface area contributed by atoms with Crippen molar-refractivity contribution in [3.63, 3.8) is 0 Å². The number of hydrogen-bond donors (Lipinski definition) is 1. The van der Waals surface area contributed by atoms with Gasteiger partial charge in [-0.25, -0.2) is 4.98 Å². The first-order valence-corrected chi connectivity index (χ1v) is 9.53. The maximum absolute atomic E-state index is 13.1. The Bertz CT molecular complexity index is 1160. The third-order valence-corrected chi connectivity index (χ3v) is 4.79. The minimum atomic E-state index is -0.497. The number of amides is 2. The predicted molar refractivity (Wildman–Crippen MR) is 115 cm³/mol. The van der Waals surface area contributed by atoms with Crippen molar-refractivity contribution in [2.24, 2.45) is 0 Å². The second kappa shape index (κ2) is 8.45. The lowest BCUT2D eigenvalue weighted by Gasteiger charge is -2.20. The number of carbonyl (C=O) groups excluding carboxylic acids is 2. The largest absolute Gasteiger partial charge is 0.324 e. The normalized spacial score (nSPS) is 10.8. The van der Waals surface area contributed by atoms with Gasteiger partial charge in [-0.2, -0.15) is 0 Å². The number of benzene rings is 2. The first kappa shape index (κ1) is 20.5. The molecular weight excluding hydrogens is 392 g/mol. The molecule has 0 aliphatic heterocycles. The van der Waals surface area contributed by atoms with Crippen LogP contribution >= 0.6 is 11.6 Å². The first-order chi connectivity index (χ1) is 13.8. The Morgan fingerprint density at radius 3 is 2.59 bits per heavy atom. The van der Waals surface area contributed by atoms with Gasteiger partial charge in [-0.05, 0) is 49.7 Å². The zero-order valence-electron chi connectivity index (χ0n) is 16.4. The maximum Gasteiger partial charge on any atom is 0.294 e. The highest BCUT2D eigenvalue weighted by molar-refractivity contribution is 6.30. The second-order valence-electron chi connectivity index (χ2n) is 6.59. The van der Waals surface area contributed by atoms with Crippen LogP contribution in [-0.4, -0.2) is 27.9 Å². The number of aryl methyl sites for hydroxylation is 1. The van der Waals surface area contributed by atoms with Gasteiger partial charge in [-0.15, -0.1) is 0 Å². The van der Waals surface area contributed by atoms with Gasteiger partial charge in [0, 0.05) is 24.2 Å². The van der Waals surface area contributed by atoms with E-state index in [1.54, 1.807) is 49.4 Å². The fraction of sp³-hybridized carbons (Fsp3) is 0.238. The number of para-hydroxylation sites is 2. The summed E-state index contributed by atoms with van der Waals surface area (Å²) in [6.07, 6.45) is 0. The van der Waals surface area contributed by atoms with Crippen LogP contribution < -0.4 is 15.8 Å². The fourth-order valence-electron chi connectivity index (χ4n) is 3.13. The molecule has 0 aliphatic rings. The quantitative estimate of drug-likeness (QED) is 0.696. The Morgan fingerprint density at radius 1 is 1.21 bits per heavy atom. The van der Waals surface area contributed by atoms with E-state index in [4.69, 9.17) is 11.6 Å². The van der Waals surface area contributed by atoms with Gasteiger partial charge >= 0.3 is 0 Å². The zero-order valence-corrected chi connectivity index (χ0v) is 17.2. The highest BCUT2D eigenvalue weighted by Crippen LogP contribution is 2.20. The average molecular weight is 413 g/mol. The van der Waals surface area contributed by atoms with E-state index in [0.29, 0.717) is 28.3 Å². The summed E-state index contributed by atoms with van der Waals surface area (Å²) in [6.45, 7) is 5.05. The molecule has 0 atom stereocenters. The minimum absolute atomic E-state index is 0.00849. The van der Waals surface area contributed by atoms with Crippen LogP contribution in [0.4, 0.5) is 11.5 Å². The second-order valence-corrected chi connectivity index (χ2v) is 7.02. The van der Waals surface area contributed by atoms with E-state index in [9.17, 15) is 14.4 Å². The third kappa shape index (κ3) is 4.30. The van der Waals surface area contributed by atoms with Gasteiger partial charge < -0.3 is 5.32 Å². The number of aromatic nitrogens is 2. The van der Waals surface area contributed by atoms with Gasteiger partial charge in [-0.1, -0.05) is 23.7 Å². The molecular formula is C21H21ClN4O3. The van der Waals surface area contributed by atoms with Gasteiger partial charge in [0.2, 0.25) is 17.6 Å². The molecule has 8 heteroatoms. The van der Waals surface area contributed by atoms with Crippen molar-refractivity contribution >= 4 is 46.0 Å². The zero-order chi connectivity index (χ0) is 21.1. The molecule has 0 saturated carbocycles. The summed E-state index contributed by atoms with van der Waals surface area (Å²) < 4.78 is 1.34. The lowest BCUT2D eigenvalue weighted by Crippen LogP contribution is -2.38. The molecule has 1 aromatic heterocycles. The van der Waals surface area contributed by atoms with Crippen LogP contribution in [0.3, 0.4) is 0 Å². The van der Waals surface area contributed by atoms with Crippen LogP contribution in [0, 0.1) is 6.92 Å². The summed E-state index contributed by atoms with van der Waals surface area (Å²) >= 11 is 5.96. The molecule has 0 unspecified atom stereocenters. The lowest BCUT2D eigenvalue weighted by molar-refractivity contribution is -0.117. The molecule has 29 heavy (non-hydrogen) atoms. The molecule has 0 fully saturated rings. The number of anilines is 2. The van der Waals surface area contributed by atoms with Crippen LogP contribution in [0.2, 0.25) is 5.02 Å². The topological polar surface area (TPSA) is 84.3 Å². The molecule has 2 amide bonds. The minimum Gasteiger partial charge on any atom is -0.324 e. The lowest BCUT2D eigenvalue weighted by atomic mass is 10.2. The van der Waals surface area contributed by atoms with Crippen molar-refractivity contribution < 1.29 is 9.59 Å². The van der Waals surface area contributed by atoms with Crippen molar-refractivity contribution in [2.45, 2.75) is 27.3 Å². The predicted octanol–water partition coefficient (Wildman–Crippen LogP) is 3.37. The summed E-state index contributed by atoms with van der Waals surface area (Å²) in [5.41, 5.74) is 1.97. The van der Waals surface area contributed by atoms with Gasteiger partial charge in [0.15, 0.2) is 0 Å². The highest BCUT2D eigenvalue weighted by atomic mass is 35.5. The molecule has 0 bridgehead atoms. The molecule has 0 aliphatic carbocycles. The summed E-state index contributed by atoms with van der Waals surface area (Å²) in [4.78, 5) is 43.4. The first-order valence-electron chi connectivity index (χ1n) is 9.15. The van der Waals surface area contributed by atoms with E-state index in [1.165, 1.54) is 16.4 Å². The monoisotopic (exact) mass is 412 g/mol. The molecule has 0 radical (unpaired) electrons. The summed E-state index contributed by atoms with van der Waals surface area (Å²) in [6, 6.07) is 12.2. The number of fused-ring (bicyclic) bond motifs is 1. The Labute approximate surface area is 172 Å². The molecule has 1 heterocycles. The van der Waals surface area contributed by atoms with E-state index in [1.807, 2.05) is 6.92 Å². The van der Waals surface area contributed by atoms with E-state index in [-0.39, 0.29) is 24.2 Å². The number of halogens is 1. The van der Waals surface area contributed by atoms with Gasteiger partial charge in [0.25, 0.3) is 5.56 Å². The standard InChI is InChI=1S/C21H21ClN4O3/c1-4-25(14(3)27)20-21(29)26(18-8-6-5-7-17(18)24-20)12-19(28)23-16-10-9-15(22)11-13(16)2/h5-11H,4,12H2,1-3H3,(H,23,28). The van der Waals surface area contributed by atoms with Gasteiger partial charge in [0.1, 0.15) is 6.54 Å². The van der Waals surface area contributed by atoms with Crippen molar-refractivity contribution in [2.75, 3.05) is 16.8 Å². The van der Waals surface area contributed by atoms with Crippen molar-refractivity contribution in [1.82, 2.24) is 9.55 Å². The molecule has 0 spiro atoms. The molecule has 3 rings (SSSR count). The van der Waals surface area contributed by atoms with Gasteiger partial charge in [-0.3, -0.25) is 23.9 Å². The fourth-order valence-corrected chi connectivity index (χ4v) is 3.36. The highest BCUT2D eigenvalue weighted by Gasteiger charge is 2.20. The van der Waals surface area contributed by atoms with E-state index in [2.05, 4.69) is 10.3 Å². The summed E-state index contributed by atoms with van der Waals surface area (Å²) in [7, 11) is 0. The smallest absolute Gasteiger partial charge is 0.294 e. The molecule has 7 nitrogen and oxygen atoms in total. The molecule has 3 aromatic rings. The average Bonchev–Trinajstić information content (AvgIpc) is 2.67. The van der Waals surface area contributed by atoms with Crippen LogP contribution in [0.25, 0.3) is 11.0 Å². The number of carbonyl (C=O) groups is 2. The summed E-state index contributed by atoms with van der Waals surface area (Å²) in [5, 5.41) is 3.38. The van der Waals surface area contributed by atoms with Crippen LogP contribution in [-0.2, 0) is 16.1 Å². The number of nitrogens with one attached hydrogen (secondary N) is 1.